The average molecular weight is 140 g/mol. The highest BCUT2D eigenvalue weighted by Gasteiger charge is 2.44. The third-order valence-corrected chi connectivity index (χ3v) is 2.75. The van der Waals surface area contributed by atoms with E-state index in [4.69, 9.17) is 4.74 Å². The van der Waals surface area contributed by atoms with E-state index in [9.17, 15) is 4.79 Å². The minimum atomic E-state index is -0.0139. The van der Waals surface area contributed by atoms with Gasteiger partial charge in [-0.15, -0.1) is 0 Å². The van der Waals surface area contributed by atoms with Crippen molar-refractivity contribution in [2.75, 3.05) is 13.2 Å². The van der Waals surface area contributed by atoms with E-state index in [0.29, 0.717) is 12.4 Å². The topological polar surface area (TPSA) is 26.3 Å². The van der Waals surface area contributed by atoms with E-state index in [-0.39, 0.29) is 5.41 Å². The second-order valence-corrected chi connectivity index (χ2v) is 3.36. The van der Waals surface area contributed by atoms with Gasteiger partial charge in [0.2, 0.25) is 0 Å². The zero-order chi connectivity index (χ0) is 7.03. The van der Waals surface area contributed by atoms with Crippen molar-refractivity contribution in [2.24, 2.45) is 5.41 Å². The molecule has 2 fully saturated rings. The van der Waals surface area contributed by atoms with Crippen LogP contribution in [-0.2, 0) is 9.53 Å². The normalized spacial score (nSPS) is 39.8. The Bertz CT molecular complexity index is 151. The Labute approximate surface area is 60.6 Å². The van der Waals surface area contributed by atoms with Crippen LogP contribution in [0, 0.1) is 5.41 Å². The number of ether oxygens (including phenoxy) is 1. The zero-order valence-electron chi connectivity index (χ0n) is 6.06. The average Bonchev–Trinajstić information content (AvgIpc) is 2.48. The molecule has 1 aliphatic heterocycles. The first-order valence-electron chi connectivity index (χ1n) is 3.95. The molecule has 0 aromatic heterocycles. The molecule has 0 aromatic rings. The predicted octanol–water partition coefficient (Wildman–Crippen LogP) is 1.15. The van der Waals surface area contributed by atoms with Crippen molar-refractivity contribution >= 4 is 5.78 Å². The SMILES string of the molecule is O=C1CCCC12CCOC2. The summed E-state index contributed by atoms with van der Waals surface area (Å²) in [5.41, 5.74) is -0.0139. The van der Waals surface area contributed by atoms with E-state index in [1.807, 2.05) is 0 Å². The highest BCUT2D eigenvalue weighted by molar-refractivity contribution is 5.87. The molecule has 0 radical (unpaired) electrons. The van der Waals surface area contributed by atoms with Gasteiger partial charge in [-0.3, -0.25) is 4.79 Å². The van der Waals surface area contributed by atoms with Crippen molar-refractivity contribution < 1.29 is 9.53 Å². The summed E-state index contributed by atoms with van der Waals surface area (Å²) in [7, 11) is 0. The quantitative estimate of drug-likeness (QED) is 0.504. The van der Waals surface area contributed by atoms with Gasteiger partial charge in [0.05, 0.1) is 12.0 Å². The Balaban J connectivity index is 2.19. The molecule has 2 heteroatoms. The third-order valence-electron chi connectivity index (χ3n) is 2.75. The van der Waals surface area contributed by atoms with Crippen LogP contribution in [-0.4, -0.2) is 19.0 Å². The van der Waals surface area contributed by atoms with Crippen molar-refractivity contribution in [2.45, 2.75) is 25.7 Å². The van der Waals surface area contributed by atoms with Crippen LogP contribution in [0.1, 0.15) is 25.7 Å². The van der Waals surface area contributed by atoms with Gasteiger partial charge in [-0.25, -0.2) is 0 Å². The number of hydrogen-bond acceptors (Lipinski definition) is 2. The Hall–Kier alpha value is -0.370. The molecule has 1 aliphatic carbocycles. The Morgan fingerprint density at radius 1 is 1.40 bits per heavy atom. The van der Waals surface area contributed by atoms with E-state index in [0.717, 1.165) is 32.3 Å². The molecule has 56 valence electrons. The minimum absolute atomic E-state index is 0.0139. The van der Waals surface area contributed by atoms with Gasteiger partial charge in [-0.1, -0.05) is 0 Å². The summed E-state index contributed by atoms with van der Waals surface area (Å²) in [5.74, 6) is 0.449. The largest absolute Gasteiger partial charge is 0.380 e. The molecule has 1 spiro atoms. The molecule has 0 amide bonds. The first-order chi connectivity index (χ1) is 4.83. The summed E-state index contributed by atoms with van der Waals surface area (Å²) in [6.45, 7) is 1.50. The van der Waals surface area contributed by atoms with E-state index in [1.54, 1.807) is 0 Å². The van der Waals surface area contributed by atoms with E-state index in [1.165, 1.54) is 0 Å². The maximum atomic E-state index is 11.3. The van der Waals surface area contributed by atoms with Crippen LogP contribution in [0.2, 0.25) is 0 Å². The molecular formula is C8H12O2. The fourth-order valence-corrected chi connectivity index (χ4v) is 2.02. The smallest absolute Gasteiger partial charge is 0.141 e. The van der Waals surface area contributed by atoms with Gasteiger partial charge in [-0.2, -0.15) is 0 Å². The maximum Gasteiger partial charge on any atom is 0.141 e. The van der Waals surface area contributed by atoms with Gasteiger partial charge in [0.1, 0.15) is 5.78 Å². The zero-order valence-corrected chi connectivity index (χ0v) is 6.06. The second kappa shape index (κ2) is 2.06. The summed E-state index contributed by atoms with van der Waals surface area (Å²) >= 11 is 0. The number of carbonyl (C=O) groups excluding carboxylic acids is 1. The fourth-order valence-electron chi connectivity index (χ4n) is 2.02. The first-order valence-corrected chi connectivity index (χ1v) is 3.95. The van der Waals surface area contributed by atoms with Crippen molar-refractivity contribution in [3.63, 3.8) is 0 Å². The molecule has 1 saturated carbocycles. The lowest BCUT2D eigenvalue weighted by atomic mass is 9.85. The van der Waals surface area contributed by atoms with Crippen LogP contribution in [0.15, 0.2) is 0 Å². The summed E-state index contributed by atoms with van der Waals surface area (Å²) in [6, 6.07) is 0. The third kappa shape index (κ3) is 0.717. The molecule has 1 atom stereocenters. The number of Topliss-reactive ketones (excluding diaryl/α,β-unsaturated/α-hetero) is 1. The van der Waals surface area contributed by atoms with Crippen LogP contribution in [0.4, 0.5) is 0 Å². The van der Waals surface area contributed by atoms with Crippen molar-refractivity contribution in [1.29, 1.82) is 0 Å². The molecule has 0 bridgehead atoms. The lowest BCUT2D eigenvalue weighted by Gasteiger charge is -2.16. The lowest BCUT2D eigenvalue weighted by Crippen LogP contribution is -2.25. The standard InChI is InChI=1S/C8H12O2/c9-7-2-1-3-8(7)4-5-10-6-8/h1-6H2. The molecule has 10 heavy (non-hydrogen) atoms. The molecule has 0 N–H and O–H groups in total. The monoisotopic (exact) mass is 140 g/mol. The number of rotatable bonds is 0. The first kappa shape index (κ1) is 6.35. The highest BCUT2D eigenvalue weighted by atomic mass is 16.5. The second-order valence-electron chi connectivity index (χ2n) is 3.36. The molecule has 2 nitrogen and oxygen atoms in total. The molecule has 1 saturated heterocycles. The Kier molecular flexibility index (Phi) is 1.31. The summed E-state index contributed by atoms with van der Waals surface area (Å²) in [4.78, 5) is 11.3. The Morgan fingerprint density at radius 2 is 2.30 bits per heavy atom. The van der Waals surface area contributed by atoms with Crippen molar-refractivity contribution in [3.05, 3.63) is 0 Å². The molecule has 2 aliphatic rings. The summed E-state index contributed by atoms with van der Waals surface area (Å²) in [5, 5.41) is 0. The van der Waals surface area contributed by atoms with Gasteiger partial charge in [0, 0.05) is 13.0 Å². The van der Waals surface area contributed by atoms with Crippen molar-refractivity contribution in [1.82, 2.24) is 0 Å². The van der Waals surface area contributed by atoms with Gasteiger partial charge >= 0.3 is 0 Å². The van der Waals surface area contributed by atoms with E-state index in [2.05, 4.69) is 0 Å². The lowest BCUT2D eigenvalue weighted by molar-refractivity contribution is -0.125. The van der Waals surface area contributed by atoms with Gasteiger partial charge in [-0.05, 0) is 19.3 Å². The van der Waals surface area contributed by atoms with Crippen LogP contribution in [0.5, 0.6) is 0 Å². The van der Waals surface area contributed by atoms with Crippen LogP contribution in [0.25, 0.3) is 0 Å². The minimum Gasteiger partial charge on any atom is -0.380 e. The predicted molar refractivity (Wildman–Crippen MR) is 36.7 cm³/mol. The van der Waals surface area contributed by atoms with Gasteiger partial charge in [0.25, 0.3) is 0 Å². The van der Waals surface area contributed by atoms with E-state index < -0.39 is 0 Å². The molecule has 1 unspecified atom stereocenters. The van der Waals surface area contributed by atoms with Crippen LogP contribution >= 0.6 is 0 Å². The number of carbonyl (C=O) groups is 1. The molecule has 1 heterocycles. The van der Waals surface area contributed by atoms with E-state index >= 15 is 0 Å². The Morgan fingerprint density at radius 3 is 2.80 bits per heavy atom. The number of ketones is 1. The van der Waals surface area contributed by atoms with Crippen LogP contribution < -0.4 is 0 Å². The van der Waals surface area contributed by atoms with Gasteiger partial charge < -0.3 is 4.74 Å². The van der Waals surface area contributed by atoms with Crippen LogP contribution in [0.3, 0.4) is 0 Å². The van der Waals surface area contributed by atoms with Crippen molar-refractivity contribution in [3.8, 4) is 0 Å². The molecular weight excluding hydrogens is 128 g/mol. The van der Waals surface area contributed by atoms with Gasteiger partial charge in [0.15, 0.2) is 0 Å². The number of hydrogen-bond donors (Lipinski definition) is 0. The molecule has 0 aromatic carbocycles. The fraction of sp³-hybridized carbons (Fsp3) is 0.875. The highest BCUT2D eigenvalue weighted by Crippen LogP contribution is 2.41. The summed E-state index contributed by atoms with van der Waals surface area (Å²) < 4.78 is 5.23. The maximum absolute atomic E-state index is 11.3. The molecule has 2 rings (SSSR count). The summed E-state index contributed by atoms with van der Waals surface area (Å²) in [6.07, 6.45) is 3.93.